The Bertz CT molecular complexity index is 1190. The minimum atomic E-state index is 0.0873. The first-order chi connectivity index (χ1) is 14.7. The molecule has 0 unspecified atom stereocenters. The normalized spacial score (nSPS) is 14.3. The fourth-order valence-electron chi connectivity index (χ4n) is 3.71. The van der Waals surface area contributed by atoms with E-state index in [1.807, 2.05) is 59.5 Å². The van der Waals surface area contributed by atoms with E-state index in [9.17, 15) is 4.79 Å². The molecule has 1 aliphatic rings. The lowest BCUT2D eigenvalue weighted by atomic mass is 10.2. The summed E-state index contributed by atoms with van der Waals surface area (Å²) >= 11 is 7.71. The molecule has 1 amide bonds. The first-order valence-electron chi connectivity index (χ1n) is 9.79. The minimum absolute atomic E-state index is 0.0873. The quantitative estimate of drug-likeness (QED) is 0.456. The Balaban J connectivity index is 1.37. The molecule has 5 nitrogen and oxygen atoms in total. The van der Waals surface area contributed by atoms with Gasteiger partial charge in [0.05, 0.1) is 10.2 Å². The molecule has 4 aromatic rings. The fraction of sp³-hybridized carbons (Fsp3) is 0.174. The van der Waals surface area contributed by atoms with E-state index in [4.69, 9.17) is 11.6 Å². The number of piperazine rings is 1. The molecule has 0 bridgehead atoms. The van der Waals surface area contributed by atoms with Crippen molar-refractivity contribution in [1.82, 2.24) is 14.9 Å². The van der Waals surface area contributed by atoms with E-state index in [1.54, 1.807) is 17.7 Å². The zero-order valence-electron chi connectivity index (χ0n) is 16.2. The third kappa shape index (κ3) is 3.64. The summed E-state index contributed by atoms with van der Waals surface area (Å²) in [4.78, 5) is 27.1. The number of nitrogens with zero attached hydrogens (tertiary/aromatic N) is 4. The monoisotopic (exact) mass is 434 g/mol. The van der Waals surface area contributed by atoms with Crippen LogP contribution in [0.25, 0.3) is 20.7 Å². The Labute approximate surface area is 183 Å². The van der Waals surface area contributed by atoms with Crippen LogP contribution in [0.2, 0.25) is 5.02 Å². The van der Waals surface area contributed by atoms with E-state index in [1.165, 1.54) is 0 Å². The summed E-state index contributed by atoms with van der Waals surface area (Å²) in [6.45, 7) is 2.85. The van der Waals surface area contributed by atoms with Gasteiger partial charge in [-0.15, -0.1) is 11.3 Å². The second-order valence-corrected chi connectivity index (χ2v) is 8.66. The van der Waals surface area contributed by atoms with Crippen LogP contribution in [-0.2, 0) is 0 Å². The Hall–Kier alpha value is -2.96. The van der Waals surface area contributed by atoms with E-state index in [-0.39, 0.29) is 5.91 Å². The lowest BCUT2D eigenvalue weighted by Gasteiger charge is -2.35. The molecule has 0 saturated carbocycles. The van der Waals surface area contributed by atoms with Gasteiger partial charge in [0, 0.05) is 41.6 Å². The minimum Gasteiger partial charge on any atom is -0.352 e. The zero-order chi connectivity index (χ0) is 20.5. The van der Waals surface area contributed by atoms with Crippen LogP contribution in [-0.4, -0.2) is 47.0 Å². The highest BCUT2D eigenvalue weighted by Crippen LogP contribution is 2.37. The number of hydrogen-bond donors (Lipinski definition) is 0. The van der Waals surface area contributed by atoms with Gasteiger partial charge in [0.1, 0.15) is 12.1 Å². The van der Waals surface area contributed by atoms with Crippen LogP contribution in [0.4, 0.5) is 5.82 Å². The maximum atomic E-state index is 12.7. The third-order valence-corrected chi connectivity index (χ3v) is 6.73. The first-order valence-corrected chi connectivity index (χ1v) is 11.0. The molecule has 0 radical (unpaired) electrons. The van der Waals surface area contributed by atoms with E-state index in [0.717, 1.165) is 50.2 Å². The number of carbonyl (C=O) groups is 1. The van der Waals surface area contributed by atoms with Crippen LogP contribution in [0.15, 0.2) is 67.0 Å². The topological polar surface area (TPSA) is 49.3 Å². The number of halogens is 1. The molecule has 2 aromatic heterocycles. The molecule has 1 aliphatic heterocycles. The molecule has 3 heterocycles. The number of benzene rings is 2. The lowest BCUT2D eigenvalue weighted by Crippen LogP contribution is -2.49. The molecular weight excluding hydrogens is 416 g/mol. The predicted octanol–water partition coefficient (Wildman–Crippen LogP) is 4.97. The SMILES string of the molecule is O=C(c1ccccc1)N1CCN(c2ncnc3cc(-c4ccc(Cl)cc4)sc23)CC1. The fourth-order valence-corrected chi connectivity index (χ4v) is 4.97. The molecule has 1 fully saturated rings. The van der Waals surface area contributed by atoms with Crippen LogP contribution in [0, 0.1) is 0 Å². The highest BCUT2D eigenvalue weighted by molar-refractivity contribution is 7.22. The van der Waals surface area contributed by atoms with Crippen molar-refractivity contribution >= 4 is 44.9 Å². The summed E-state index contributed by atoms with van der Waals surface area (Å²) in [5.74, 6) is 1.03. The van der Waals surface area contributed by atoms with Gasteiger partial charge < -0.3 is 9.80 Å². The van der Waals surface area contributed by atoms with Crippen LogP contribution < -0.4 is 4.90 Å². The molecule has 30 heavy (non-hydrogen) atoms. The Kier molecular flexibility index (Phi) is 5.11. The van der Waals surface area contributed by atoms with Crippen molar-refractivity contribution in [2.24, 2.45) is 0 Å². The van der Waals surface area contributed by atoms with Gasteiger partial charge in [0.25, 0.3) is 5.91 Å². The van der Waals surface area contributed by atoms with Crippen LogP contribution in [0.3, 0.4) is 0 Å². The van der Waals surface area contributed by atoms with Crippen molar-refractivity contribution in [3.05, 3.63) is 77.6 Å². The Morgan fingerprint density at radius 3 is 2.40 bits per heavy atom. The maximum Gasteiger partial charge on any atom is 0.253 e. The molecule has 0 atom stereocenters. The van der Waals surface area contributed by atoms with Gasteiger partial charge in [-0.1, -0.05) is 41.9 Å². The smallest absolute Gasteiger partial charge is 0.253 e. The molecule has 5 rings (SSSR count). The van der Waals surface area contributed by atoms with Crippen LogP contribution in [0.5, 0.6) is 0 Å². The highest BCUT2D eigenvalue weighted by Gasteiger charge is 2.24. The number of aromatic nitrogens is 2. The molecule has 7 heteroatoms. The number of anilines is 1. The van der Waals surface area contributed by atoms with Crippen molar-refractivity contribution in [1.29, 1.82) is 0 Å². The maximum absolute atomic E-state index is 12.7. The standard InChI is InChI=1S/C23H19ClN4OS/c24-18-8-6-16(7-9-18)20-14-19-21(30-20)22(26-15-25-19)27-10-12-28(13-11-27)23(29)17-4-2-1-3-5-17/h1-9,14-15H,10-13H2. The molecule has 0 spiro atoms. The van der Waals surface area contributed by atoms with Gasteiger partial charge in [0.2, 0.25) is 0 Å². The Morgan fingerprint density at radius 2 is 1.67 bits per heavy atom. The van der Waals surface area contributed by atoms with Crippen molar-refractivity contribution < 1.29 is 4.79 Å². The number of rotatable bonds is 3. The predicted molar refractivity (Wildman–Crippen MR) is 122 cm³/mol. The number of hydrogen-bond acceptors (Lipinski definition) is 5. The van der Waals surface area contributed by atoms with E-state index in [0.29, 0.717) is 13.1 Å². The van der Waals surface area contributed by atoms with Crippen molar-refractivity contribution in [3.8, 4) is 10.4 Å². The Morgan fingerprint density at radius 1 is 0.933 bits per heavy atom. The average Bonchev–Trinajstić information content (AvgIpc) is 3.24. The van der Waals surface area contributed by atoms with E-state index >= 15 is 0 Å². The summed E-state index contributed by atoms with van der Waals surface area (Å²) in [5, 5.41) is 0.725. The molecule has 0 N–H and O–H groups in total. The van der Waals surface area contributed by atoms with Crippen LogP contribution in [0.1, 0.15) is 10.4 Å². The molecular formula is C23H19ClN4OS. The summed E-state index contributed by atoms with van der Waals surface area (Å²) in [5.41, 5.74) is 2.80. The first kappa shape index (κ1) is 19.0. The van der Waals surface area contributed by atoms with Crippen molar-refractivity contribution in [3.63, 3.8) is 0 Å². The molecule has 1 saturated heterocycles. The van der Waals surface area contributed by atoms with E-state index in [2.05, 4.69) is 20.9 Å². The van der Waals surface area contributed by atoms with Gasteiger partial charge in [-0.05, 0) is 35.9 Å². The van der Waals surface area contributed by atoms with Gasteiger partial charge in [0.15, 0.2) is 0 Å². The second-order valence-electron chi connectivity index (χ2n) is 7.17. The highest BCUT2D eigenvalue weighted by atomic mass is 35.5. The number of thiophene rings is 1. The average molecular weight is 435 g/mol. The zero-order valence-corrected chi connectivity index (χ0v) is 17.7. The largest absolute Gasteiger partial charge is 0.352 e. The molecule has 2 aromatic carbocycles. The number of amides is 1. The van der Waals surface area contributed by atoms with Gasteiger partial charge in [-0.25, -0.2) is 9.97 Å². The van der Waals surface area contributed by atoms with Crippen molar-refractivity contribution in [2.45, 2.75) is 0 Å². The van der Waals surface area contributed by atoms with Gasteiger partial charge >= 0.3 is 0 Å². The summed E-state index contributed by atoms with van der Waals surface area (Å²) in [7, 11) is 0. The summed E-state index contributed by atoms with van der Waals surface area (Å²) < 4.78 is 1.07. The number of fused-ring (bicyclic) bond motifs is 1. The second kappa shape index (κ2) is 8.05. The molecule has 150 valence electrons. The lowest BCUT2D eigenvalue weighted by molar-refractivity contribution is 0.0746. The third-order valence-electron chi connectivity index (χ3n) is 5.31. The van der Waals surface area contributed by atoms with Gasteiger partial charge in [-0.3, -0.25) is 4.79 Å². The number of carbonyl (C=O) groups excluding carboxylic acids is 1. The summed E-state index contributed by atoms with van der Waals surface area (Å²) in [6.07, 6.45) is 1.62. The van der Waals surface area contributed by atoms with E-state index < -0.39 is 0 Å². The van der Waals surface area contributed by atoms with Crippen LogP contribution >= 0.6 is 22.9 Å². The molecule has 0 aliphatic carbocycles. The van der Waals surface area contributed by atoms with Crippen molar-refractivity contribution in [2.75, 3.05) is 31.1 Å². The van der Waals surface area contributed by atoms with Gasteiger partial charge in [-0.2, -0.15) is 0 Å². The summed E-state index contributed by atoms with van der Waals surface area (Å²) in [6, 6.07) is 19.4.